The highest BCUT2D eigenvalue weighted by molar-refractivity contribution is 6.08. The number of hydrogen-bond donors (Lipinski definition) is 1. The first-order valence-electron chi connectivity index (χ1n) is 8.54. The van der Waals surface area contributed by atoms with Crippen LogP contribution in [-0.2, 0) is 0 Å². The molecular weight excluding hydrogens is 336 g/mol. The first-order chi connectivity index (χ1) is 12.6. The van der Waals surface area contributed by atoms with E-state index < -0.39 is 5.91 Å². The van der Waals surface area contributed by atoms with E-state index in [2.05, 4.69) is 5.32 Å². The average molecular weight is 358 g/mol. The SMILES string of the molecule is COc1cc(NC(=O)c2ccco2)c(C(=O)N2CCCCC2)cc1OC. The first kappa shape index (κ1) is 17.8. The van der Waals surface area contributed by atoms with Crippen LogP contribution < -0.4 is 14.8 Å². The number of furan rings is 1. The molecule has 7 heteroatoms. The average Bonchev–Trinajstić information content (AvgIpc) is 3.22. The molecule has 26 heavy (non-hydrogen) atoms. The Morgan fingerprint density at radius 3 is 2.38 bits per heavy atom. The maximum absolute atomic E-state index is 13.0. The van der Waals surface area contributed by atoms with Crippen molar-refractivity contribution < 1.29 is 23.5 Å². The number of nitrogens with one attached hydrogen (secondary N) is 1. The van der Waals surface area contributed by atoms with Gasteiger partial charge in [-0.15, -0.1) is 0 Å². The Labute approximate surface area is 151 Å². The molecule has 1 saturated heterocycles. The Morgan fingerprint density at radius 1 is 1.08 bits per heavy atom. The van der Waals surface area contributed by atoms with Crippen molar-refractivity contribution in [2.24, 2.45) is 0 Å². The van der Waals surface area contributed by atoms with Crippen molar-refractivity contribution in [1.29, 1.82) is 0 Å². The lowest BCUT2D eigenvalue weighted by Gasteiger charge is -2.28. The van der Waals surface area contributed by atoms with E-state index >= 15 is 0 Å². The molecule has 7 nitrogen and oxygen atoms in total. The molecule has 1 fully saturated rings. The zero-order valence-electron chi connectivity index (χ0n) is 14.9. The lowest BCUT2D eigenvalue weighted by molar-refractivity contribution is 0.0725. The van der Waals surface area contributed by atoms with Gasteiger partial charge in [0.2, 0.25) is 0 Å². The molecule has 2 amide bonds. The van der Waals surface area contributed by atoms with Gasteiger partial charge in [0, 0.05) is 19.2 Å². The molecule has 0 spiro atoms. The standard InChI is InChI=1S/C19H22N2O5/c1-24-16-11-13(19(23)21-8-4-3-5-9-21)14(12-17(16)25-2)20-18(22)15-7-6-10-26-15/h6-7,10-12H,3-5,8-9H2,1-2H3,(H,20,22). The molecule has 2 heterocycles. The number of carbonyl (C=O) groups excluding carboxylic acids is 2. The Hall–Kier alpha value is -2.96. The van der Waals surface area contributed by atoms with Crippen molar-refractivity contribution in [2.75, 3.05) is 32.6 Å². The number of methoxy groups -OCH3 is 2. The highest BCUT2D eigenvalue weighted by Gasteiger charge is 2.24. The van der Waals surface area contributed by atoms with Gasteiger partial charge in [-0.2, -0.15) is 0 Å². The van der Waals surface area contributed by atoms with Crippen LogP contribution in [0.1, 0.15) is 40.2 Å². The molecule has 0 radical (unpaired) electrons. The number of amides is 2. The molecule has 0 atom stereocenters. The lowest BCUT2D eigenvalue weighted by Crippen LogP contribution is -2.36. The van der Waals surface area contributed by atoms with Gasteiger partial charge in [-0.05, 0) is 37.5 Å². The number of anilines is 1. The molecule has 1 aliphatic heterocycles. The van der Waals surface area contributed by atoms with Crippen LogP contribution in [0.4, 0.5) is 5.69 Å². The summed E-state index contributed by atoms with van der Waals surface area (Å²) >= 11 is 0. The normalized spacial score (nSPS) is 14.0. The van der Waals surface area contributed by atoms with E-state index in [4.69, 9.17) is 13.9 Å². The van der Waals surface area contributed by atoms with E-state index in [0.29, 0.717) is 35.8 Å². The van der Waals surface area contributed by atoms with Gasteiger partial charge in [-0.25, -0.2) is 0 Å². The predicted octanol–water partition coefficient (Wildman–Crippen LogP) is 3.18. The molecule has 138 valence electrons. The maximum atomic E-state index is 13.0. The summed E-state index contributed by atoms with van der Waals surface area (Å²) in [7, 11) is 3.01. The van der Waals surface area contributed by atoms with Gasteiger partial charge >= 0.3 is 0 Å². The van der Waals surface area contributed by atoms with Gasteiger partial charge in [0.05, 0.1) is 31.7 Å². The summed E-state index contributed by atoms with van der Waals surface area (Å²) < 4.78 is 15.7. The fraction of sp³-hybridized carbons (Fsp3) is 0.368. The van der Waals surface area contributed by atoms with Crippen molar-refractivity contribution in [3.05, 3.63) is 41.9 Å². The van der Waals surface area contributed by atoms with Crippen molar-refractivity contribution in [2.45, 2.75) is 19.3 Å². The minimum absolute atomic E-state index is 0.139. The summed E-state index contributed by atoms with van der Waals surface area (Å²) in [6, 6.07) is 6.38. The lowest BCUT2D eigenvalue weighted by atomic mass is 10.1. The van der Waals surface area contributed by atoms with Gasteiger partial charge in [0.1, 0.15) is 0 Å². The number of rotatable bonds is 5. The molecule has 0 bridgehead atoms. The van der Waals surface area contributed by atoms with Gasteiger partial charge in [0.15, 0.2) is 17.3 Å². The fourth-order valence-electron chi connectivity index (χ4n) is 3.02. The monoisotopic (exact) mass is 358 g/mol. The molecular formula is C19H22N2O5. The molecule has 1 N–H and O–H groups in total. The van der Waals surface area contributed by atoms with Crippen molar-refractivity contribution >= 4 is 17.5 Å². The van der Waals surface area contributed by atoms with E-state index in [1.807, 2.05) is 0 Å². The number of likely N-dealkylation sites (tertiary alicyclic amines) is 1. The zero-order chi connectivity index (χ0) is 18.5. The molecule has 1 aromatic carbocycles. The Morgan fingerprint density at radius 2 is 1.77 bits per heavy atom. The molecule has 0 unspecified atom stereocenters. The number of piperidine rings is 1. The third-order valence-corrected chi connectivity index (χ3v) is 4.39. The van der Waals surface area contributed by atoms with Crippen molar-refractivity contribution in [3.8, 4) is 11.5 Å². The number of ether oxygens (including phenoxy) is 2. The van der Waals surface area contributed by atoms with E-state index in [1.54, 1.807) is 29.2 Å². The minimum atomic E-state index is -0.435. The minimum Gasteiger partial charge on any atom is -0.493 e. The molecule has 0 saturated carbocycles. The van der Waals surface area contributed by atoms with E-state index in [1.165, 1.54) is 20.5 Å². The van der Waals surface area contributed by atoms with Gasteiger partial charge < -0.3 is 24.1 Å². The Kier molecular flexibility index (Phi) is 5.46. The Balaban J connectivity index is 1.96. The summed E-state index contributed by atoms with van der Waals surface area (Å²) in [5.74, 6) is 0.452. The number of carbonyl (C=O) groups is 2. The second-order valence-electron chi connectivity index (χ2n) is 6.04. The van der Waals surface area contributed by atoms with Crippen molar-refractivity contribution in [1.82, 2.24) is 4.90 Å². The van der Waals surface area contributed by atoms with Gasteiger partial charge in [-0.1, -0.05) is 0 Å². The number of benzene rings is 1. The van der Waals surface area contributed by atoms with E-state index in [0.717, 1.165) is 19.3 Å². The van der Waals surface area contributed by atoms with Crippen LogP contribution in [0.25, 0.3) is 0 Å². The molecule has 1 aromatic heterocycles. The summed E-state index contributed by atoms with van der Waals surface area (Å²) in [6.07, 6.45) is 4.50. The smallest absolute Gasteiger partial charge is 0.291 e. The van der Waals surface area contributed by atoms with Crippen LogP contribution in [0.2, 0.25) is 0 Å². The summed E-state index contributed by atoms with van der Waals surface area (Å²) in [6.45, 7) is 1.41. The first-order valence-corrected chi connectivity index (χ1v) is 8.54. The quantitative estimate of drug-likeness (QED) is 0.888. The zero-order valence-corrected chi connectivity index (χ0v) is 14.9. The van der Waals surface area contributed by atoms with Crippen LogP contribution in [0.15, 0.2) is 34.9 Å². The van der Waals surface area contributed by atoms with Crippen molar-refractivity contribution in [3.63, 3.8) is 0 Å². The van der Waals surface area contributed by atoms with Crippen LogP contribution >= 0.6 is 0 Å². The molecule has 2 aromatic rings. The second kappa shape index (κ2) is 7.95. The van der Waals surface area contributed by atoms with Crippen LogP contribution in [0.5, 0.6) is 11.5 Å². The highest BCUT2D eigenvalue weighted by atomic mass is 16.5. The van der Waals surface area contributed by atoms with Gasteiger partial charge in [-0.3, -0.25) is 9.59 Å². The Bertz CT molecular complexity index is 779. The summed E-state index contributed by atoms with van der Waals surface area (Å²) in [5.41, 5.74) is 0.726. The summed E-state index contributed by atoms with van der Waals surface area (Å²) in [4.78, 5) is 27.2. The second-order valence-corrected chi connectivity index (χ2v) is 6.04. The van der Waals surface area contributed by atoms with Crippen LogP contribution in [-0.4, -0.2) is 44.0 Å². The predicted molar refractivity (Wildman–Crippen MR) is 96.0 cm³/mol. The molecule has 0 aliphatic carbocycles. The fourth-order valence-corrected chi connectivity index (χ4v) is 3.02. The third kappa shape index (κ3) is 3.66. The summed E-state index contributed by atoms with van der Waals surface area (Å²) in [5, 5.41) is 2.74. The topological polar surface area (TPSA) is 81.0 Å². The number of nitrogens with zero attached hydrogens (tertiary/aromatic N) is 1. The van der Waals surface area contributed by atoms with E-state index in [9.17, 15) is 9.59 Å². The van der Waals surface area contributed by atoms with Crippen LogP contribution in [0, 0.1) is 0 Å². The van der Waals surface area contributed by atoms with Gasteiger partial charge in [0.25, 0.3) is 11.8 Å². The van der Waals surface area contributed by atoms with Crippen LogP contribution in [0.3, 0.4) is 0 Å². The third-order valence-electron chi connectivity index (χ3n) is 4.39. The highest BCUT2D eigenvalue weighted by Crippen LogP contribution is 2.34. The maximum Gasteiger partial charge on any atom is 0.291 e. The molecule has 3 rings (SSSR count). The number of hydrogen-bond acceptors (Lipinski definition) is 5. The van der Waals surface area contributed by atoms with E-state index in [-0.39, 0.29) is 11.7 Å². The molecule has 1 aliphatic rings. The largest absolute Gasteiger partial charge is 0.493 e.